The molecule has 2 aromatic rings. The van der Waals surface area contributed by atoms with Crippen LogP contribution in [-0.4, -0.2) is 18.0 Å². The Morgan fingerprint density at radius 2 is 2.00 bits per heavy atom. The molecular weight excluding hydrogens is 275 g/mol. The van der Waals surface area contributed by atoms with E-state index in [0.717, 1.165) is 37.9 Å². The number of fused-ring (bicyclic) bond motifs is 1. The molecule has 3 rings (SSSR count). The van der Waals surface area contributed by atoms with Crippen LogP contribution in [0.4, 0.5) is 4.39 Å². The van der Waals surface area contributed by atoms with Crippen molar-refractivity contribution in [3.8, 4) is 0 Å². The number of hydrogen-bond acceptors (Lipinski definition) is 2. The fraction of sp³-hybridized carbons (Fsp3) is 0.368. The lowest BCUT2D eigenvalue weighted by Crippen LogP contribution is -2.35. The van der Waals surface area contributed by atoms with Crippen molar-refractivity contribution < 1.29 is 4.39 Å². The van der Waals surface area contributed by atoms with Gasteiger partial charge in [0.1, 0.15) is 5.82 Å². The van der Waals surface area contributed by atoms with E-state index in [9.17, 15) is 4.39 Å². The Labute approximate surface area is 131 Å². The molecule has 2 nitrogen and oxygen atoms in total. The van der Waals surface area contributed by atoms with Crippen molar-refractivity contribution >= 4 is 0 Å². The Bertz CT molecular complexity index is 626. The highest BCUT2D eigenvalue weighted by Crippen LogP contribution is 2.34. The lowest BCUT2D eigenvalue weighted by Gasteiger charge is -2.37. The molecule has 0 aromatic heterocycles. The van der Waals surface area contributed by atoms with Gasteiger partial charge >= 0.3 is 0 Å². The summed E-state index contributed by atoms with van der Waals surface area (Å²) in [6.45, 7) is 2.52. The Morgan fingerprint density at radius 3 is 2.82 bits per heavy atom. The summed E-state index contributed by atoms with van der Waals surface area (Å²) in [6.07, 6.45) is 3.13. The van der Waals surface area contributed by atoms with E-state index in [0.29, 0.717) is 12.6 Å². The van der Waals surface area contributed by atoms with Gasteiger partial charge in [-0.05, 0) is 54.6 Å². The van der Waals surface area contributed by atoms with Crippen LogP contribution in [-0.2, 0) is 13.0 Å². The first-order chi connectivity index (χ1) is 10.8. The first kappa shape index (κ1) is 15.2. The van der Waals surface area contributed by atoms with Crippen molar-refractivity contribution in [2.45, 2.75) is 31.8 Å². The maximum absolute atomic E-state index is 13.4. The van der Waals surface area contributed by atoms with E-state index in [4.69, 9.17) is 5.73 Å². The molecule has 1 heterocycles. The van der Waals surface area contributed by atoms with E-state index in [-0.39, 0.29) is 5.82 Å². The average molecular weight is 298 g/mol. The van der Waals surface area contributed by atoms with Gasteiger partial charge in [0.15, 0.2) is 0 Å². The fourth-order valence-electron chi connectivity index (χ4n) is 3.41. The third-order valence-electron chi connectivity index (χ3n) is 4.48. The summed E-state index contributed by atoms with van der Waals surface area (Å²) in [5, 5.41) is 0. The summed E-state index contributed by atoms with van der Waals surface area (Å²) in [5.41, 5.74) is 9.61. The molecule has 0 radical (unpaired) electrons. The molecule has 3 heteroatoms. The monoisotopic (exact) mass is 298 g/mol. The molecule has 1 aliphatic rings. The largest absolute Gasteiger partial charge is 0.330 e. The Morgan fingerprint density at radius 1 is 1.14 bits per heavy atom. The molecule has 0 saturated carbocycles. The summed E-state index contributed by atoms with van der Waals surface area (Å²) < 4.78 is 13.4. The minimum absolute atomic E-state index is 0.159. The van der Waals surface area contributed by atoms with Gasteiger partial charge < -0.3 is 5.73 Å². The van der Waals surface area contributed by atoms with Gasteiger partial charge in [-0.2, -0.15) is 0 Å². The Hall–Kier alpha value is -1.71. The van der Waals surface area contributed by atoms with E-state index in [2.05, 4.69) is 29.2 Å². The Balaban J connectivity index is 1.83. The number of rotatable bonds is 5. The second kappa shape index (κ2) is 7.03. The molecular formula is C19H23FN2. The van der Waals surface area contributed by atoms with Gasteiger partial charge in [0.25, 0.3) is 0 Å². The van der Waals surface area contributed by atoms with E-state index in [1.165, 1.54) is 17.2 Å². The van der Waals surface area contributed by atoms with Crippen LogP contribution in [0.5, 0.6) is 0 Å². The quantitative estimate of drug-likeness (QED) is 0.912. The summed E-state index contributed by atoms with van der Waals surface area (Å²) in [7, 11) is 0. The van der Waals surface area contributed by atoms with Crippen LogP contribution in [0.15, 0.2) is 48.5 Å². The van der Waals surface area contributed by atoms with Crippen molar-refractivity contribution in [3.05, 3.63) is 71.0 Å². The molecule has 0 spiro atoms. The van der Waals surface area contributed by atoms with E-state index >= 15 is 0 Å². The average Bonchev–Trinajstić information content (AvgIpc) is 2.54. The highest BCUT2D eigenvalue weighted by atomic mass is 19.1. The highest BCUT2D eigenvalue weighted by Gasteiger charge is 2.26. The summed E-state index contributed by atoms with van der Waals surface area (Å²) in [6, 6.07) is 16.0. The van der Waals surface area contributed by atoms with Crippen molar-refractivity contribution in [2.75, 3.05) is 13.1 Å². The van der Waals surface area contributed by atoms with Crippen LogP contribution in [0.3, 0.4) is 0 Å². The van der Waals surface area contributed by atoms with Crippen molar-refractivity contribution in [1.29, 1.82) is 0 Å². The number of benzene rings is 2. The summed E-state index contributed by atoms with van der Waals surface area (Å²) in [4.78, 5) is 2.47. The van der Waals surface area contributed by atoms with Gasteiger partial charge in [-0.25, -0.2) is 4.39 Å². The number of hydrogen-bond donors (Lipinski definition) is 1. The summed E-state index contributed by atoms with van der Waals surface area (Å²) >= 11 is 0. The molecule has 2 N–H and O–H groups in total. The first-order valence-corrected chi connectivity index (χ1v) is 8.04. The molecule has 0 saturated heterocycles. The number of nitrogens with two attached hydrogens (primary N) is 1. The van der Waals surface area contributed by atoms with Gasteiger partial charge in [0, 0.05) is 19.1 Å². The molecule has 1 unspecified atom stereocenters. The maximum atomic E-state index is 13.4. The van der Waals surface area contributed by atoms with Gasteiger partial charge in [-0.15, -0.1) is 0 Å². The molecule has 1 aliphatic heterocycles. The van der Waals surface area contributed by atoms with Gasteiger partial charge in [-0.1, -0.05) is 36.4 Å². The third kappa shape index (κ3) is 3.37. The minimum atomic E-state index is -0.159. The maximum Gasteiger partial charge on any atom is 0.123 e. The normalized spacial score (nSPS) is 18.2. The summed E-state index contributed by atoms with van der Waals surface area (Å²) in [5.74, 6) is -0.159. The molecule has 116 valence electrons. The standard InChI is InChI=1S/C19H23FN2/c20-17-7-3-5-15(13-17)14-22-12-10-16-6-1-2-8-18(16)19(22)9-4-11-21/h1-3,5-8,13,19H,4,9-12,14,21H2. The molecule has 2 aromatic carbocycles. The molecule has 0 amide bonds. The lowest BCUT2D eigenvalue weighted by molar-refractivity contribution is 0.165. The zero-order valence-corrected chi connectivity index (χ0v) is 12.8. The molecule has 22 heavy (non-hydrogen) atoms. The van der Waals surface area contributed by atoms with Gasteiger partial charge in [-0.3, -0.25) is 4.90 Å². The van der Waals surface area contributed by atoms with Crippen LogP contribution < -0.4 is 5.73 Å². The second-order valence-corrected chi connectivity index (χ2v) is 6.00. The van der Waals surface area contributed by atoms with Crippen LogP contribution in [0, 0.1) is 5.82 Å². The van der Waals surface area contributed by atoms with Crippen LogP contribution in [0.1, 0.15) is 35.6 Å². The van der Waals surface area contributed by atoms with Crippen molar-refractivity contribution in [1.82, 2.24) is 4.90 Å². The van der Waals surface area contributed by atoms with E-state index < -0.39 is 0 Å². The fourth-order valence-corrected chi connectivity index (χ4v) is 3.41. The molecule has 0 fully saturated rings. The topological polar surface area (TPSA) is 29.3 Å². The first-order valence-electron chi connectivity index (χ1n) is 8.04. The van der Waals surface area contributed by atoms with Crippen LogP contribution >= 0.6 is 0 Å². The second-order valence-electron chi connectivity index (χ2n) is 6.00. The number of nitrogens with zero attached hydrogens (tertiary/aromatic N) is 1. The molecule has 0 bridgehead atoms. The van der Waals surface area contributed by atoms with E-state index in [1.54, 1.807) is 12.1 Å². The predicted molar refractivity (Wildman–Crippen MR) is 88.0 cm³/mol. The highest BCUT2D eigenvalue weighted by molar-refractivity contribution is 5.33. The molecule has 1 atom stereocenters. The van der Waals surface area contributed by atoms with Gasteiger partial charge in [0.05, 0.1) is 0 Å². The predicted octanol–water partition coefficient (Wildman–Crippen LogP) is 3.66. The van der Waals surface area contributed by atoms with Crippen LogP contribution in [0.2, 0.25) is 0 Å². The zero-order chi connectivity index (χ0) is 15.4. The van der Waals surface area contributed by atoms with Crippen molar-refractivity contribution in [2.24, 2.45) is 5.73 Å². The smallest absolute Gasteiger partial charge is 0.123 e. The Kier molecular flexibility index (Phi) is 4.86. The van der Waals surface area contributed by atoms with Gasteiger partial charge in [0.2, 0.25) is 0 Å². The zero-order valence-electron chi connectivity index (χ0n) is 12.8. The lowest BCUT2D eigenvalue weighted by atomic mass is 9.89. The van der Waals surface area contributed by atoms with Crippen LogP contribution in [0.25, 0.3) is 0 Å². The molecule has 0 aliphatic carbocycles. The third-order valence-corrected chi connectivity index (χ3v) is 4.48. The SMILES string of the molecule is NCCCC1c2ccccc2CCN1Cc1cccc(F)c1. The van der Waals surface area contributed by atoms with E-state index in [1.807, 2.05) is 6.07 Å². The number of halogens is 1. The van der Waals surface area contributed by atoms with Crippen molar-refractivity contribution in [3.63, 3.8) is 0 Å². The minimum Gasteiger partial charge on any atom is -0.330 e.